The van der Waals surface area contributed by atoms with Gasteiger partial charge in [-0.1, -0.05) is 39.0 Å². The first kappa shape index (κ1) is 9.05. The van der Waals surface area contributed by atoms with Gasteiger partial charge in [0.2, 0.25) is 0 Å². The van der Waals surface area contributed by atoms with E-state index >= 15 is 0 Å². The topological polar surface area (TPSA) is 26.0 Å². The van der Waals surface area contributed by atoms with E-state index in [-0.39, 0.29) is 0 Å². The Morgan fingerprint density at radius 2 is 1.82 bits per heavy atom. The molecule has 0 spiro atoms. The molecule has 0 radical (unpaired) electrons. The summed E-state index contributed by atoms with van der Waals surface area (Å²) in [7, 11) is 0. The van der Waals surface area contributed by atoms with Crippen molar-refractivity contribution in [3.8, 4) is 0 Å². The normalized spacial score (nSPS) is 31.1. The van der Waals surface area contributed by atoms with Crippen LogP contribution in [0.25, 0.3) is 0 Å². The number of hydrogen-bond donors (Lipinski definition) is 1. The van der Waals surface area contributed by atoms with Crippen molar-refractivity contribution in [1.29, 1.82) is 0 Å². The van der Waals surface area contributed by atoms with E-state index in [9.17, 15) is 0 Å². The van der Waals surface area contributed by atoms with Crippen molar-refractivity contribution in [1.82, 2.24) is 0 Å². The zero-order valence-corrected chi connectivity index (χ0v) is 7.68. The van der Waals surface area contributed by atoms with Gasteiger partial charge in [0.1, 0.15) is 0 Å². The highest BCUT2D eigenvalue weighted by molar-refractivity contribution is 4.77. The van der Waals surface area contributed by atoms with Gasteiger partial charge in [0.25, 0.3) is 0 Å². The van der Waals surface area contributed by atoms with Gasteiger partial charge in [0.15, 0.2) is 0 Å². The molecule has 2 N–H and O–H groups in total. The Morgan fingerprint density at radius 1 is 1.18 bits per heavy atom. The van der Waals surface area contributed by atoms with E-state index in [1.54, 1.807) is 0 Å². The molecule has 2 atom stereocenters. The van der Waals surface area contributed by atoms with Gasteiger partial charge in [0, 0.05) is 0 Å². The fraction of sp³-hybridized carbons (Fsp3) is 1.00. The largest absolute Gasteiger partial charge is 0.330 e. The predicted octanol–water partition coefficient (Wildman–Crippen LogP) is 2.55. The molecule has 0 aliphatic heterocycles. The van der Waals surface area contributed by atoms with Crippen LogP contribution in [0.15, 0.2) is 0 Å². The van der Waals surface area contributed by atoms with Crippen LogP contribution in [0, 0.1) is 11.8 Å². The van der Waals surface area contributed by atoms with Crippen LogP contribution >= 0.6 is 0 Å². The monoisotopic (exact) mass is 155 g/mol. The van der Waals surface area contributed by atoms with Crippen molar-refractivity contribution < 1.29 is 0 Å². The van der Waals surface area contributed by atoms with E-state index < -0.39 is 0 Å². The lowest BCUT2D eigenvalue weighted by Crippen LogP contribution is -2.12. The van der Waals surface area contributed by atoms with Crippen LogP contribution in [-0.2, 0) is 0 Å². The summed E-state index contributed by atoms with van der Waals surface area (Å²) in [5, 5.41) is 0. The lowest BCUT2D eigenvalue weighted by Gasteiger charge is -2.17. The number of nitrogens with two attached hydrogens (primary N) is 1. The molecular formula is C10H21N. The first-order chi connectivity index (χ1) is 5.38. The predicted molar refractivity (Wildman–Crippen MR) is 49.4 cm³/mol. The molecule has 11 heavy (non-hydrogen) atoms. The molecule has 1 aliphatic carbocycles. The van der Waals surface area contributed by atoms with Gasteiger partial charge >= 0.3 is 0 Å². The maximum atomic E-state index is 5.57. The number of rotatable bonds is 4. The second-order valence-electron chi connectivity index (χ2n) is 3.82. The Morgan fingerprint density at radius 3 is 2.36 bits per heavy atom. The van der Waals surface area contributed by atoms with Crippen molar-refractivity contribution in [2.45, 2.75) is 45.4 Å². The molecular weight excluding hydrogens is 134 g/mol. The van der Waals surface area contributed by atoms with Crippen LogP contribution in [0.5, 0.6) is 0 Å². The highest BCUT2D eigenvalue weighted by Gasteiger charge is 2.25. The van der Waals surface area contributed by atoms with E-state index in [0.717, 1.165) is 18.4 Å². The average molecular weight is 155 g/mol. The van der Waals surface area contributed by atoms with Crippen molar-refractivity contribution in [3.05, 3.63) is 0 Å². The Kier molecular flexibility index (Phi) is 3.92. The summed E-state index contributed by atoms with van der Waals surface area (Å²) in [6, 6.07) is 0. The highest BCUT2D eigenvalue weighted by Crippen LogP contribution is 2.36. The van der Waals surface area contributed by atoms with Crippen LogP contribution in [-0.4, -0.2) is 6.54 Å². The molecule has 66 valence electrons. The molecule has 0 aromatic rings. The van der Waals surface area contributed by atoms with Crippen molar-refractivity contribution in [3.63, 3.8) is 0 Å². The summed E-state index contributed by atoms with van der Waals surface area (Å²) < 4.78 is 0. The van der Waals surface area contributed by atoms with Crippen LogP contribution in [0.3, 0.4) is 0 Å². The minimum absolute atomic E-state index is 0.894. The zero-order chi connectivity index (χ0) is 8.10. The molecule has 1 rings (SSSR count). The minimum atomic E-state index is 0.894. The van der Waals surface area contributed by atoms with E-state index in [2.05, 4.69) is 6.92 Å². The third-order valence-electron chi connectivity index (χ3n) is 3.01. The Bertz CT molecular complexity index is 89.0. The second kappa shape index (κ2) is 4.76. The Balaban J connectivity index is 2.25. The molecule has 0 heterocycles. The highest BCUT2D eigenvalue weighted by atomic mass is 14.5. The fourth-order valence-electron chi connectivity index (χ4n) is 2.46. The maximum Gasteiger partial charge on any atom is -0.00745 e. The van der Waals surface area contributed by atoms with Crippen molar-refractivity contribution in [2.24, 2.45) is 17.6 Å². The first-order valence-electron chi connectivity index (χ1n) is 5.08. The second-order valence-corrected chi connectivity index (χ2v) is 3.82. The van der Waals surface area contributed by atoms with Crippen LogP contribution in [0.4, 0.5) is 0 Å². The molecule has 1 fully saturated rings. The lowest BCUT2D eigenvalue weighted by molar-refractivity contribution is 0.345. The summed E-state index contributed by atoms with van der Waals surface area (Å²) in [6.45, 7) is 3.18. The Hall–Kier alpha value is -0.0400. The lowest BCUT2D eigenvalue weighted by atomic mass is 9.89. The molecule has 0 bridgehead atoms. The van der Waals surface area contributed by atoms with E-state index in [1.165, 1.54) is 38.5 Å². The van der Waals surface area contributed by atoms with Gasteiger partial charge in [-0.2, -0.15) is 0 Å². The summed E-state index contributed by atoms with van der Waals surface area (Å²) in [5.41, 5.74) is 5.57. The van der Waals surface area contributed by atoms with Crippen molar-refractivity contribution >= 4 is 0 Å². The van der Waals surface area contributed by atoms with Gasteiger partial charge in [-0.3, -0.25) is 0 Å². The summed E-state index contributed by atoms with van der Waals surface area (Å²) in [4.78, 5) is 0. The third-order valence-corrected chi connectivity index (χ3v) is 3.01. The standard InChI is InChI=1S/C10H21N/c1-2-4-9-5-3-6-10(9)7-8-11/h9-10H,2-8,11H2,1H3/t9-,10-/m1/s1. The summed E-state index contributed by atoms with van der Waals surface area (Å²) in [5.74, 6) is 1.99. The third kappa shape index (κ3) is 2.48. The van der Waals surface area contributed by atoms with Gasteiger partial charge in [-0.05, 0) is 24.8 Å². The average Bonchev–Trinajstić information content (AvgIpc) is 2.39. The minimum Gasteiger partial charge on any atom is -0.330 e. The quantitative estimate of drug-likeness (QED) is 0.663. The van der Waals surface area contributed by atoms with Crippen LogP contribution < -0.4 is 5.73 Å². The van der Waals surface area contributed by atoms with Gasteiger partial charge in [-0.25, -0.2) is 0 Å². The zero-order valence-electron chi connectivity index (χ0n) is 7.68. The molecule has 1 saturated carbocycles. The molecule has 1 aliphatic rings. The smallest absolute Gasteiger partial charge is 0.00745 e. The number of hydrogen-bond acceptors (Lipinski definition) is 1. The molecule has 0 aromatic heterocycles. The van der Waals surface area contributed by atoms with Gasteiger partial charge in [0.05, 0.1) is 0 Å². The van der Waals surface area contributed by atoms with Crippen LogP contribution in [0.2, 0.25) is 0 Å². The first-order valence-corrected chi connectivity index (χ1v) is 5.08. The summed E-state index contributed by atoms with van der Waals surface area (Å²) in [6.07, 6.45) is 8.43. The molecule has 0 unspecified atom stereocenters. The Labute approximate surface area is 70.4 Å². The molecule has 0 amide bonds. The van der Waals surface area contributed by atoms with Gasteiger partial charge in [-0.15, -0.1) is 0 Å². The van der Waals surface area contributed by atoms with E-state index in [0.29, 0.717) is 0 Å². The molecule has 0 aromatic carbocycles. The van der Waals surface area contributed by atoms with E-state index in [1.807, 2.05) is 0 Å². The molecule has 1 nitrogen and oxygen atoms in total. The summed E-state index contributed by atoms with van der Waals surface area (Å²) >= 11 is 0. The van der Waals surface area contributed by atoms with Crippen LogP contribution in [0.1, 0.15) is 45.4 Å². The molecule has 0 saturated heterocycles. The molecule has 1 heteroatoms. The maximum absolute atomic E-state index is 5.57. The SMILES string of the molecule is CCC[C@@H]1CCC[C@@H]1CCN. The van der Waals surface area contributed by atoms with E-state index in [4.69, 9.17) is 5.73 Å². The van der Waals surface area contributed by atoms with Crippen molar-refractivity contribution in [2.75, 3.05) is 6.54 Å². The van der Waals surface area contributed by atoms with Gasteiger partial charge < -0.3 is 5.73 Å². The fourth-order valence-corrected chi connectivity index (χ4v) is 2.46.